The average molecular weight is 373 g/mol. The number of rotatable bonds is 4. The Labute approximate surface area is 159 Å². The second-order valence-electron chi connectivity index (χ2n) is 5.96. The molecule has 27 heavy (non-hydrogen) atoms. The minimum absolute atomic E-state index is 0.0873. The van der Waals surface area contributed by atoms with Gasteiger partial charge in [0.1, 0.15) is 5.69 Å². The van der Waals surface area contributed by atoms with E-state index < -0.39 is 0 Å². The highest BCUT2D eigenvalue weighted by Crippen LogP contribution is 2.31. The molecule has 0 radical (unpaired) electrons. The molecule has 2 aromatic heterocycles. The van der Waals surface area contributed by atoms with Gasteiger partial charge in [0.15, 0.2) is 10.9 Å². The van der Waals surface area contributed by atoms with Crippen LogP contribution in [0.15, 0.2) is 66.7 Å². The third-order valence-electron chi connectivity index (χ3n) is 4.05. The van der Waals surface area contributed by atoms with E-state index in [2.05, 4.69) is 15.3 Å². The number of hydrogen-bond donors (Lipinski definition) is 1. The topological polar surface area (TPSA) is 72.0 Å². The first-order valence-electron chi connectivity index (χ1n) is 8.36. The van der Waals surface area contributed by atoms with Gasteiger partial charge in [-0.1, -0.05) is 65.9 Å². The van der Waals surface area contributed by atoms with Crippen LogP contribution in [0.5, 0.6) is 0 Å². The summed E-state index contributed by atoms with van der Waals surface area (Å²) in [6, 6.07) is 20.6. The van der Waals surface area contributed by atoms with E-state index in [0.29, 0.717) is 21.4 Å². The Morgan fingerprint density at radius 1 is 0.889 bits per heavy atom. The molecule has 0 spiro atoms. The van der Waals surface area contributed by atoms with Gasteiger partial charge in [-0.3, -0.25) is 14.9 Å². The van der Waals surface area contributed by atoms with Crippen molar-refractivity contribution >= 4 is 39.1 Å². The summed E-state index contributed by atoms with van der Waals surface area (Å²) in [4.78, 5) is 34.0. The number of thiazole rings is 1. The van der Waals surface area contributed by atoms with E-state index in [1.165, 1.54) is 18.3 Å². The summed E-state index contributed by atoms with van der Waals surface area (Å²) in [7, 11) is 0. The molecule has 0 aliphatic carbocycles. The molecule has 1 N–H and O–H groups in total. The summed E-state index contributed by atoms with van der Waals surface area (Å²) in [5.41, 5.74) is 2.46. The monoisotopic (exact) mass is 373 g/mol. The standard InChI is InChI=1S/C21H15N3O2S/c1-13(25)19-18(15-8-3-2-4-9-15)23-21(27-19)24-20(26)17-12-11-14-7-5-6-10-16(14)22-17/h2-12H,1H3,(H,23,24,26). The van der Waals surface area contributed by atoms with Gasteiger partial charge in [0.25, 0.3) is 5.91 Å². The first kappa shape index (κ1) is 17.1. The molecule has 1 amide bonds. The second kappa shape index (κ2) is 7.09. The van der Waals surface area contributed by atoms with E-state index >= 15 is 0 Å². The molecule has 2 aromatic carbocycles. The number of nitrogens with one attached hydrogen (secondary N) is 1. The summed E-state index contributed by atoms with van der Waals surface area (Å²) >= 11 is 1.17. The Morgan fingerprint density at radius 3 is 2.41 bits per heavy atom. The number of nitrogens with zero attached hydrogens (tertiary/aromatic N) is 2. The van der Waals surface area contributed by atoms with Crippen molar-refractivity contribution < 1.29 is 9.59 Å². The van der Waals surface area contributed by atoms with Crippen LogP contribution in [0.2, 0.25) is 0 Å². The quantitative estimate of drug-likeness (QED) is 0.521. The number of benzene rings is 2. The van der Waals surface area contributed by atoms with E-state index in [1.807, 2.05) is 60.7 Å². The summed E-state index contributed by atoms with van der Waals surface area (Å²) in [5, 5.41) is 4.10. The van der Waals surface area contributed by atoms with Crippen molar-refractivity contribution in [2.45, 2.75) is 6.92 Å². The lowest BCUT2D eigenvalue weighted by molar-refractivity contribution is 0.101. The van der Waals surface area contributed by atoms with Gasteiger partial charge in [0.05, 0.1) is 16.1 Å². The van der Waals surface area contributed by atoms with Crippen molar-refractivity contribution in [2.24, 2.45) is 0 Å². The van der Waals surface area contributed by atoms with Crippen molar-refractivity contribution in [3.63, 3.8) is 0 Å². The van der Waals surface area contributed by atoms with Crippen LogP contribution in [0.4, 0.5) is 5.13 Å². The molecule has 0 bridgehead atoms. The van der Waals surface area contributed by atoms with Gasteiger partial charge in [-0.25, -0.2) is 9.97 Å². The number of hydrogen-bond acceptors (Lipinski definition) is 5. The molecular formula is C21H15N3O2S. The maximum Gasteiger partial charge on any atom is 0.276 e. The molecule has 6 heteroatoms. The third kappa shape index (κ3) is 3.47. The average Bonchev–Trinajstić information content (AvgIpc) is 3.12. The number of aromatic nitrogens is 2. The number of anilines is 1. The number of fused-ring (bicyclic) bond motifs is 1. The Hall–Kier alpha value is -3.38. The Morgan fingerprint density at radius 2 is 1.63 bits per heavy atom. The predicted octanol–water partition coefficient (Wildman–Crippen LogP) is 4.81. The Bertz CT molecular complexity index is 1150. The molecular weight excluding hydrogens is 358 g/mol. The minimum Gasteiger partial charge on any atom is -0.296 e. The van der Waals surface area contributed by atoms with Gasteiger partial charge >= 0.3 is 0 Å². The smallest absolute Gasteiger partial charge is 0.276 e. The van der Waals surface area contributed by atoms with Gasteiger partial charge in [0, 0.05) is 17.9 Å². The lowest BCUT2D eigenvalue weighted by atomic mass is 10.1. The number of carbonyl (C=O) groups is 2. The van der Waals surface area contributed by atoms with Crippen LogP contribution in [-0.2, 0) is 0 Å². The zero-order valence-electron chi connectivity index (χ0n) is 14.5. The number of ketones is 1. The second-order valence-corrected chi connectivity index (χ2v) is 6.96. The van der Waals surface area contributed by atoms with Crippen LogP contribution in [0.3, 0.4) is 0 Å². The highest BCUT2D eigenvalue weighted by Gasteiger charge is 2.18. The summed E-state index contributed by atoms with van der Waals surface area (Å²) in [5.74, 6) is -0.445. The molecule has 0 aliphatic heterocycles. The highest BCUT2D eigenvalue weighted by atomic mass is 32.1. The zero-order valence-corrected chi connectivity index (χ0v) is 15.3. The van der Waals surface area contributed by atoms with Gasteiger partial charge in [-0.05, 0) is 12.1 Å². The fraction of sp³-hybridized carbons (Fsp3) is 0.0476. The van der Waals surface area contributed by atoms with Crippen LogP contribution >= 0.6 is 11.3 Å². The van der Waals surface area contributed by atoms with Crippen LogP contribution in [0, 0.1) is 0 Å². The zero-order chi connectivity index (χ0) is 18.8. The van der Waals surface area contributed by atoms with Gasteiger partial charge in [-0.2, -0.15) is 0 Å². The van der Waals surface area contributed by atoms with Crippen LogP contribution in [0.25, 0.3) is 22.2 Å². The molecule has 132 valence electrons. The molecule has 4 aromatic rings. The lowest BCUT2D eigenvalue weighted by Gasteiger charge is -2.03. The maximum absolute atomic E-state index is 12.6. The molecule has 0 atom stereocenters. The normalized spacial score (nSPS) is 10.7. The van der Waals surface area contributed by atoms with E-state index in [4.69, 9.17) is 0 Å². The van der Waals surface area contributed by atoms with Gasteiger partial charge in [0.2, 0.25) is 0 Å². The van der Waals surface area contributed by atoms with Crippen LogP contribution in [0.1, 0.15) is 27.1 Å². The highest BCUT2D eigenvalue weighted by molar-refractivity contribution is 7.18. The van der Waals surface area contributed by atoms with Crippen LogP contribution < -0.4 is 5.32 Å². The van der Waals surface area contributed by atoms with Crippen molar-refractivity contribution in [3.8, 4) is 11.3 Å². The van der Waals surface area contributed by atoms with E-state index in [9.17, 15) is 9.59 Å². The minimum atomic E-state index is -0.357. The fourth-order valence-corrected chi connectivity index (χ4v) is 3.64. The molecule has 0 saturated carbocycles. The molecule has 2 heterocycles. The molecule has 5 nitrogen and oxygen atoms in total. The third-order valence-corrected chi connectivity index (χ3v) is 5.12. The van der Waals surface area contributed by atoms with Crippen molar-refractivity contribution in [2.75, 3.05) is 5.32 Å². The number of carbonyl (C=O) groups excluding carboxylic acids is 2. The lowest BCUT2D eigenvalue weighted by Crippen LogP contribution is -2.13. The van der Waals surface area contributed by atoms with Gasteiger partial charge < -0.3 is 0 Å². The number of amides is 1. The predicted molar refractivity (Wildman–Crippen MR) is 107 cm³/mol. The Kier molecular flexibility index (Phi) is 4.48. The van der Waals surface area contributed by atoms with E-state index in [0.717, 1.165) is 16.5 Å². The first-order valence-corrected chi connectivity index (χ1v) is 9.18. The van der Waals surface area contributed by atoms with Gasteiger partial charge in [-0.15, -0.1) is 0 Å². The summed E-state index contributed by atoms with van der Waals surface area (Å²) in [6.07, 6.45) is 0. The van der Waals surface area contributed by atoms with Crippen molar-refractivity contribution in [3.05, 3.63) is 77.3 Å². The number of Topliss-reactive ketones (excluding diaryl/α,β-unsaturated/α-hetero) is 1. The molecule has 0 fully saturated rings. The van der Waals surface area contributed by atoms with Crippen molar-refractivity contribution in [1.82, 2.24) is 9.97 Å². The molecule has 0 aliphatic rings. The molecule has 0 saturated heterocycles. The van der Waals surface area contributed by atoms with Crippen LogP contribution in [-0.4, -0.2) is 21.7 Å². The number of para-hydroxylation sites is 1. The summed E-state index contributed by atoms with van der Waals surface area (Å²) < 4.78 is 0. The van der Waals surface area contributed by atoms with E-state index in [-0.39, 0.29) is 11.7 Å². The fourth-order valence-electron chi connectivity index (χ4n) is 2.76. The SMILES string of the molecule is CC(=O)c1sc(NC(=O)c2ccc3ccccc3n2)nc1-c1ccccc1. The van der Waals surface area contributed by atoms with E-state index in [1.54, 1.807) is 6.07 Å². The number of pyridine rings is 1. The first-order chi connectivity index (χ1) is 13.1. The maximum atomic E-state index is 12.6. The molecule has 4 rings (SSSR count). The van der Waals surface area contributed by atoms with Crippen molar-refractivity contribution in [1.29, 1.82) is 0 Å². The Balaban J connectivity index is 1.65. The summed E-state index contributed by atoms with van der Waals surface area (Å²) in [6.45, 7) is 1.50. The largest absolute Gasteiger partial charge is 0.296 e. The molecule has 0 unspecified atom stereocenters.